The predicted octanol–water partition coefficient (Wildman–Crippen LogP) is 12.1. The lowest BCUT2D eigenvalue weighted by Gasteiger charge is -2.37. The fourth-order valence-electron chi connectivity index (χ4n) is 13.4. The highest BCUT2D eigenvalue weighted by molar-refractivity contribution is 6.58. The lowest BCUT2D eigenvalue weighted by atomic mass is 9.67. The quantitative estimate of drug-likeness (QED) is 0.152. The predicted molar refractivity (Wildman–Crippen MR) is 215 cm³/mol. The van der Waals surface area contributed by atoms with Gasteiger partial charge < -0.3 is 0 Å². The number of nitrogens with zero attached hydrogens (tertiary/aromatic N) is 2. The summed E-state index contributed by atoms with van der Waals surface area (Å²) in [5, 5.41) is 29.8. The highest BCUT2D eigenvalue weighted by Crippen LogP contribution is 2.65. The fraction of sp³-hybridized carbons (Fsp3) is 0.120. The second-order valence-electron chi connectivity index (χ2n) is 17.0. The number of benzene rings is 10. The zero-order valence-electron chi connectivity index (χ0n) is 28.0. The number of rotatable bonds is 0. The van der Waals surface area contributed by atoms with Crippen LogP contribution in [-0.4, -0.2) is 9.97 Å². The molecule has 0 spiro atoms. The topological polar surface area (TPSA) is 25.8 Å². The summed E-state index contributed by atoms with van der Waals surface area (Å²) in [6, 6.07) is 32.9. The molecule has 2 unspecified atom stereocenters. The van der Waals surface area contributed by atoms with Crippen LogP contribution in [0.5, 0.6) is 0 Å². The van der Waals surface area contributed by atoms with Gasteiger partial charge in [0.25, 0.3) is 0 Å². The summed E-state index contributed by atoms with van der Waals surface area (Å²) in [4.78, 5) is 11.2. The Kier molecular flexibility index (Phi) is 3.32. The van der Waals surface area contributed by atoms with Crippen LogP contribution in [0.15, 0.2) is 84.9 Å². The van der Waals surface area contributed by atoms with Crippen LogP contribution in [0.4, 0.5) is 0 Å². The van der Waals surface area contributed by atoms with E-state index < -0.39 is 0 Å². The number of aromatic nitrogens is 2. The molecule has 17 rings (SSSR count). The van der Waals surface area contributed by atoms with E-state index in [9.17, 15) is 0 Å². The maximum absolute atomic E-state index is 5.62. The molecule has 0 saturated heterocycles. The minimum absolute atomic E-state index is 0.394. The van der Waals surface area contributed by atoms with Crippen LogP contribution in [0.2, 0.25) is 0 Å². The van der Waals surface area contributed by atoms with Crippen LogP contribution in [0, 0.1) is 0 Å². The Morgan fingerprint density at radius 1 is 0.365 bits per heavy atom. The van der Waals surface area contributed by atoms with Crippen LogP contribution >= 0.6 is 0 Å². The van der Waals surface area contributed by atoms with Gasteiger partial charge >= 0.3 is 0 Å². The van der Waals surface area contributed by atoms with Crippen molar-refractivity contribution in [3.8, 4) is 0 Å². The molecular formula is C50H24N2. The highest BCUT2D eigenvalue weighted by Gasteiger charge is 2.44. The molecule has 0 aliphatic heterocycles. The van der Waals surface area contributed by atoms with Crippen molar-refractivity contribution in [2.75, 3.05) is 0 Å². The highest BCUT2D eigenvalue weighted by atomic mass is 14.8. The Labute approximate surface area is 294 Å². The fourth-order valence-corrected chi connectivity index (χ4v) is 13.4. The molecule has 13 aromatic rings. The van der Waals surface area contributed by atoms with Crippen LogP contribution in [0.3, 0.4) is 0 Å². The van der Waals surface area contributed by atoms with Crippen LogP contribution in [0.1, 0.15) is 56.6 Å². The molecule has 0 amide bonds. The second-order valence-corrected chi connectivity index (χ2v) is 17.0. The summed E-state index contributed by atoms with van der Waals surface area (Å²) in [7, 11) is 0. The van der Waals surface area contributed by atoms with E-state index in [1.165, 1.54) is 65.6 Å². The molecule has 4 aliphatic rings. The van der Waals surface area contributed by atoms with Crippen molar-refractivity contribution in [2.24, 2.45) is 0 Å². The van der Waals surface area contributed by atoms with Crippen LogP contribution in [0.25, 0.3) is 119 Å². The van der Waals surface area contributed by atoms with Gasteiger partial charge in [-0.25, -0.2) is 9.97 Å². The van der Waals surface area contributed by atoms with Gasteiger partial charge in [-0.3, -0.25) is 0 Å². The summed E-state index contributed by atoms with van der Waals surface area (Å²) < 4.78 is 0. The first-order valence-electron chi connectivity index (χ1n) is 19.1. The average Bonchev–Trinajstić information content (AvgIpc) is 3.93. The molecule has 0 fully saturated rings. The SMILES string of the molecule is c1ccc2c(c1)c1ccccc1c1nc3c(nc21)CC1c2cc4c5c6c(cc7ccc8cc9c%10c%11c(cc(c%12c2c5c(c%12%11)c2c6c7c8c%102)C1C3)C9)C4. The summed E-state index contributed by atoms with van der Waals surface area (Å²) in [6.07, 6.45) is 3.97. The molecule has 2 heteroatoms. The molecule has 0 bridgehead atoms. The lowest BCUT2D eigenvalue weighted by molar-refractivity contribution is 0.489. The van der Waals surface area contributed by atoms with Gasteiger partial charge in [0.2, 0.25) is 0 Å². The molecule has 52 heavy (non-hydrogen) atoms. The maximum atomic E-state index is 5.62. The minimum atomic E-state index is 0.394. The van der Waals surface area contributed by atoms with Crippen molar-refractivity contribution in [3.05, 3.63) is 130 Å². The summed E-state index contributed by atoms with van der Waals surface area (Å²) in [5.41, 5.74) is 13.9. The van der Waals surface area contributed by atoms with Gasteiger partial charge in [-0.1, -0.05) is 84.9 Å². The van der Waals surface area contributed by atoms with Crippen molar-refractivity contribution in [1.29, 1.82) is 0 Å². The van der Waals surface area contributed by atoms with E-state index in [2.05, 4.69) is 84.9 Å². The van der Waals surface area contributed by atoms with Gasteiger partial charge in [0.05, 0.1) is 22.4 Å². The monoisotopic (exact) mass is 652 g/mol. The van der Waals surface area contributed by atoms with Crippen LogP contribution in [-0.2, 0) is 25.7 Å². The third kappa shape index (κ3) is 2.17. The smallest absolute Gasteiger partial charge is 0.0975 e. The maximum Gasteiger partial charge on any atom is 0.0975 e. The zero-order chi connectivity index (χ0) is 32.6. The Hall–Kier alpha value is -6.12. The van der Waals surface area contributed by atoms with E-state index in [-0.39, 0.29) is 0 Å². The molecule has 234 valence electrons. The van der Waals surface area contributed by atoms with E-state index >= 15 is 0 Å². The molecule has 0 N–H and O–H groups in total. The second kappa shape index (κ2) is 7.16. The van der Waals surface area contributed by atoms with Gasteiger partial charge in [-0.15, -0.1) is 0 Å². The van der Waals surface area contributed by atoms with Gasteiger partial charge in [0.15, 0.2) is 0 Å². The largest absolute Gasteiger partial charge is 0.249 e. The molecule has 0 saturated carbocycles. The van der Waals surface area contributed by atoms with E-state index in [4.69, 9.17) is 9.97 Å². The van der Waals surface area contributed by atoms with Crippen LogP contribution < -0.4 is 0 Å². The molecule has 2 atom stereocenters. The first-order valence-corrected chi connectivity index (χ1v) is 19.1. The van der Waals surface area contributed by atoms with E-state index in [0.717, 1.165) is 36.7 Å². The summed E-state index contributed by atoms with van der Waals surface area (Å²) in [6.45, 7) is 0. The Bertz CT molecular complexity index is 3670. The van der Waals surface area contributed by atoms with E-state index in [1.54, 1.807) is 86.9 Å². The van der Waals surface area contributed by atoms with Crippen molar-refractivity contribution < 1.29 is 0 Å². The molecule has 2 nitrogen and oxygen atoms in total. The third-order valence-electron chi connectivity index (χ3n) is 15.0. The Balaban J connectivity index is 1.06. The van der Waals surface area contributed by atoms with Gasteiger partial charge in [0, 0.05) is 10.8 Å². The van der Waals surface area contributed by atoms with Gasteiger partial charge in [0.1, 0.15) is 0 Å². The lowest BCUT2D eigenvalue weighted by Crippen LogP contribution is -2.26. The van der Waals surface area contributed by atoms with E-state index in [0.29, 0.717) is 11.8 Å². The first-order chi connectivity index (χ1) is 25.8. The number of hydrogen-bond acceptors (Lipinski definition) is 2. The standard InChI is InChI=1S/C50H24N2/c1-3-7-27-25(5-1)26-6-2-4-8-28(26)50-49(27)51-33-17-29-30(18-34(33)52-50)32-16-24-14-22-12-20-10-9-19-11-21-13-23-15-31(29)41-42(32)46-40(24)38(22)44-36(20)35(19)43-37(21)39(23)45(41)48(46)47(43)44/h1-12,15-16,29-30H,13-14,17-18H2. The number of fused-ring (bicyclic) bond motifs is 10. The van der Waals surface area contributed by atoms with Crippen molar-refractivity contribution in [2.45, 2.75) is 37.5 Å². The summed E-state index contributed by atoms with van der Waals surface area (Å²) in [5.74, 6) is 0.789. The van der Waals surface area contributed by atoms with Crippen molar-refractivity contribution >= 4 is 119 Å². The van der Waals surface area contributed by atoms with E-state index in [1.807, 2.05) is 0 Å². The van der Waals surface area contributed by atoms with Gasteiger partial charge in [-0.05, 0) is 168 Å². The zero-order valence-corrected chi connectivity index (χ0v) is 28.0. The molecule has 4 aliphatic carbocycles. The molecule has 0 radical (unpaired) electrons. The molecule has 12 aromatic carbocycles. The first kappa shape index (κ1) is 24.1. The molecule has 1 heterocycles. The third-order valence-corrected chi connectivity index (χ3v) is 15.0. The molecular weight excluding hydrogens is 629 g/mol. The Morgan fingerprint density at radius 2 is 0.750 bits per heavy atom. The minimum Gasteiger partial charge on any atom is -0.249 e. The normalized spacial score (nSPS) is 18.8. The van der Waals surface area contributed by atoms with Crippen molar-refractivity contribution in [1.82, 2.24) is 9.97 Å². The summed E-state index contributed by atoms with van der Waals surface area (Å²) >= 11 is 0. The number of hydrogen-bond donors (Lipinski definition) is 0. The van der Waals surface area contributed by atoms with Gasteiger partial charge in [-0.2, -0.15) is 0 Å². The average molecular weight is 653 g/mol. The Morgan fingerprint density at radius 3 is 1.21 bits per heavy atom. The van der Waals surface area contributed by atoms with Crippen molar-refractivity contribution in [3.63, 3.8) is 0 Å². The molecule has 1 aromatic heterocycles.